The summed E-state index contributed by atoms with van der Waals surface area (Å²) >= 11 is -0.0108. The van der Waals surface area contributed by atoms with Gasteiger partial charge in [-0.2, -0.15) is 13.2 Å². The van der Waals surface area contributed by atoms with Crippen LogP contribution in [-0.4, -0.2) is 24.9 Å². The van der Waals surface area contributed by atoms with Gasteiger partial charge in [0.2, 0.25) is 0 Å². The zero-order valence-electron chi connectivity index (χ0n) is 9.38. The summed E-state index contributed by atoms with van der Waals surface area (Å²) in [4.78, 5) is 0. The van der Waals surface area contributed by atoms with E-state index in [1.54, 1.807) is 7.11 Å². The largest absolute Gasteiger partial charge is 0.497 e. The van der Waals surface area contributed by atoms with Gasteiger partial charge < -0.3 is 10.1 Å². The molecule has 0 amide bonds. The Labute approximate surface area is 103 Å². The lowest BCUT2D eigenvalue weighted by atomic mass is 10.2. The van der Waals surface area contributed by atoms with Gasteiger partial charge in [-0.25, -0.2) is 0 Å². The lowest BCUT2D eigenvalue weighted by Crippen LogP contribution is -2.18. The van der Waals surface area contributed by atoms with Crippen molar-refractivity contribution >= 4 is 11.8 Å². The monoisotopic (exact) mass is 265 g/mol. The number of rotatable bonds is 6. The van der Waals surface area contributed by atoms with Crippen LogP contribution >= 0.6 is 11.8 Å². The number of thioether (sulfide) groups is 1. The second-order valence-electron chi connectivity index (χ2n) is 3.32. The molecule has 0 heterocycles. The van der Waals surface area contributed by atoms with Crippen LogP contribution < -0.4 is 10.1 Å². The highest BCUT2D eigenvalue weighted by atomic mass is 32.2. The Bertz CT molecular complexity index is 344. The summed E-state index contributed by atoms with van der Waals surface area (Å²) in [5.41, 5.74) is -3.15. The summed E-state index contributed by atoms with van der Waals surface area (Å²) in [5, 5.41) is 2.95. The van der Waals surface area contributed by atoms with E-state index in [4.69, 9.17) is 4.74 Å². The van der Waals surface area contributed by atoms with Crippen LogP contribution in [0, 0.1) is 0 Å². The highest BCUT2D eigenvalue weighted by Crippen LogP contribution is 2.29. The normalized spacial score (nSPS) is 11.5. The Morgan fingerprint density at radius 1 is 1.35 bits per heavy atom. The van der Waals surface area contributed by atoms with E-state index in [1.807, 2.05) is 24.3 Å². The average Bonchev–Trinajstić information content (AvgIpc) is 2.27. The van der Waals surface area contributed by atoms with Gasteiger partial charge in [-0.05, 0) is 29.5 Å². The number of benzene rings is 1. The third-order valence-corrected chi connectivity index (χ3v) is 2.74. The van der Waals surface area contributed by atoms with Crippen LogP contribution in [0.3, 0.4) is 0 Å². The molecule has 1 aromatic carbocycles. The van der Waals surface area contributed by atoms with E-state index in [2.05, 4.69) is 5.32 Å². The minimum atomic E-state index is -4.14. The zero-order valence-corrected chi connectivity index (χ0v) is 10.2. The molecule has 96 valence electrons. The fourth-order valence-corrected chi connectivity index (χ4v) is 1.73. The van der Waals surface area contributed by atoms with Crippen molar-refractivity contribution in [1.82, 2.24) is 5.32 Å². The van der Waals surface area contributed by atoms with Crippen molar-refractivity contribution in [2.45, 2.75) is 12.1 Å². The Hall–Kier alpha value is -0.880. The Balaban J connectivity index is 2.22. The van der Waals surface area contributed by atoms with Crippen molar-refractivity contribution in [3.8, 4) is 5.75 Å². The molecule has 0 fully saturated rings. The average molecular weight is 265 g/mol. The number of alkyl halides is 3. The van der Waals surface area contributed by atoms with E-state index in [1.165, 1.54) is 0 Å². The second kappa shape index (κ2) is 6.76. The van der Waals surface area contributed by atoms with Gasteiger partial charge in [0, 0.05) is 18.8 Å². The van der Waals surface area contributed by atoms with E-state index in [0.717, 1.165) is 11.3 Å². The van der Waals surface area contributed by atoms with Gasteiger partial charge in [0.05, 0.1) is 7.11 Å². The predicted molar refractivity (Wildman–Crippen MR) is 63.2 cm³/mol. The molecule has 0 aromatic heterocycles. The highest BCUT2D eigenvalue weighted by Gasteiger charge is 2.27. The summed E-state index contributed by atoms with van der Waals surface area (Å²) in [6, 6.07) is 7.42. The zero-order chi connectivity index (χ0) is 12.7. The number of halogens is 3. The summed E-state index contributed by atoms with van der Waals surface area (Å²) < 4.78 is 40.5. The van der Waals surface area contributed by atoms with Crippen molar-refractivity contribution < 1.29 is 17.9 Å². The van der Waals surface area contributed by atoms with Gasteiger partial charge in [0.1, 0.15) is 5.75 Å². The lowest BCUT2D eigenvalue weighted by Gasteiger charge is -2.07. The summed E-state index contributed by atoms with van der Waals surface area (Å²) in [6.45, 7) is 0.858. The van der Waals surface area contributed by atoms with Gasteiger partial charge in [0.15, 0.2) is 0 Å². The van der Waals surface area contributed by atoms with Gasteiger partial charge in [0.25, 0.3) is 0 Å². The van der Waals surface area contributed by atoms with Crippen molar-refractivity contribution in [1.29, 1.82) is 0 Å². The molecule has 0 atom stereocenters. The quantitative estimate of drug-likeness (QED) is 0.799. The molecule has 0 saturated heterocycles. The Morgan fingerprint density at radius 3 is 2.76 bits per heavy atom. The first-order valence-electron chi connectivity index (χ1n) is 5.05. The van der Waals surface area contributed by atoms with Gasteiger partial charge in [-0.1, -0.05) is 12.1 Å². The molecular formula is C11H14F3NOS. The summed E-state index contributed by atoms with van der Waals surface area (Å²) in [5.74, 6) is 0.766. The van der Waals surface area contributed by atoms with Crippen LogP contribution in [0.4, 0.5) is 13.2 Å². The second-order valence-corrected chi connectivity index (χ2v) is 4.48. The molecule has 2 nitrogen and oxygen atoms in total. The van der Waals surface area contributed by atoms with E-state index < -0.39 is 5.51 Å². The minimum absolute atomic E-state index is 0.0108. The molecule has 6 heteroatoms. The molecule has 17 heavy (non-hydrogen) atoms. The van der Waals surface area contributed by atoms with Gasteiger partial charge >= 0.3 is 5.51 Å². The number of nitrogens with one attached hydrogen (secondary N) is 1. The van der Waals surface area contributed by atoms with E-state index in [0.29, 0.717) is 13.1 Å². The minimum Gasteiger partial charge on any atom is -0.497 e. The Morgan fingerprint density at radius 2 is 2.12 bits per heavy atom. The number of methoxy groups -OCH3 is 1. The van der Waals surface area contributed by atoms with Crippen molar-refractivity contribution in [2.24, 2.45) is 0 Å². The first-order chi connectivity index (χ1) is 8.01. The maximum Gasteiger partial charge on any atom is 0.441 e. The van der Waals surface area contributed by atoms with Crippen LogP contribution in [0.25, 0.3) is 0 Å². The molecule has 0 aliphatic carbocycles. The van der Waals surface area contributed by atoms with Crippen LogP contribution in [0.1, 0.15) is 5.56 Å². The fourth-order valence-electron chi connectivity index (χ4n) is 1.25. The van der Waals surface area contributed by atoms with Gasteiger partial charge in [-0.3, -0.25) is 0 Å². The molecule has 1 aromatic rings. The molecule has 1 N–H and O–H groups in total. The van der Waals surface area contributed by atoms with Crippen LogP contribution in [0.15, 0.2) is 24.3 Å². The van der Waals surface area contributed by atoms with Crippen molar-refractivity contribution in [3.05, 3.63) is 29.8 Å². The first-order valence-corrected chi connectivity index (χ1v) is 6.04. The first kappa shape index (κ1) is 14.2. The predicted octanol–water partition coefficient (Wildman–Crippen LogP) is 3.04. The smallest absolute Gasteiger partial charge is 0.441 e. The molecular weight excluding hydrogens is 251 g/mol. The molecule has 0 radical (unpaired) electrons. The number of hydrogen-bond donors (Lipinski definition) is 1. The number of hydrogen-bond acceptors (Lipinski definition) is 3. The third-order valence-electron chi connectivity index (χ3n) is 2.01. The van der Waals surface area contributed by atoms with Crippen LogP contribution in [0.2, 0.25) is 0 Å². The maximum atomic E-state index is 11.8. The van der Waals surface area contributed by atoms with Crippen LogP contribution in [0.5, 0.6) is 5.75 Å². The fraction of sp³-hybridized carbons (Fsp3) is 0.455. The molecule has 0 aliphatic heterocycles. The lowest BCUT2D eigenvalue weighted by molar-refractivity contribution is -0.0327. The van der Waals surface area contributed by atoms with Crippen molar-refractivity contribution in [3.63, 3.8) is 0 Å². The molecule has 0 bridgehead atoms. The standard InChI is InChI=1S/C11H14F3NOS/c1-16-10-4-2-3-9(7-10)8-15-5-6-17-11(12,13)14/h2-4,7,15H,5-6,8H2,1H3. The summed E-state index contributed by atoms with van der Waals surface area (Å²) in [6.07, 6.45) is 0. The summed E-state index contributed by atoms with van der Waals surface area (Å²) in [7, 11) is 1.58. The third kappa shape index (κ3) is 6.43. The van der Waals surface area contributed by atoms with E-state index in [-0.39, 0.29) is 17.5 Å². The molecule has 0 aliphatic rings. The van der Waals surface area contributed by atoms with Crippen molar-refractivity contribution in [2.75, 3.05) is 19.4 Å². The molecule has 0 unspecified atom stereocenters. The maximum absolute atomic E-state index is 11.8. The molecule has 0 spiro atoms. The van der Waals surface area contributed by atoms with E-state index in [9.17, 15) is 13.2 Å². The molecule has 0 saturated carbocycles. The molecule has 1 rings (SSSR count). The number of ether oxygens (including phenoxy) is 1. The highest BCUT2D eigenvalue weighted by molar-refractivity contribution is 8.00. The van der Waals surface area contributed by atoms with Crippen LogP contribution in [-0.2, 0) is 6.54 Å². The Kier molecular flexibility index (Phi) is 5.64. The van der Waals surface area contributed by atoms with Gasteiger partial charge in [-0.15, -0.1) is 0 Å². The SMILES string of the molecule is COc1cccc(CNCCSC(F)(F)F)c1. The van der Waals surface area contributed by atoms with E-state index >= 15 is 0 Å². The topological polar surface area (TPSA) is 21.3 Å².